The summed E-state index contributed by atoms with van der Waals surface area (Å²) in [6, 6.07) is 5.41. The highest BCUT2D eigenvalue weighted by Crippen LogP contribution is 2.34. The molecule has 118 valence electrons. The highest BCUT2D eigenvalue weighted by atomic mass is 79.9. The van der Waals surface area contributed by atoms with Crippen LogP contribution < -0.4 is 5.32 Å². The standard InChI is InChI=1S/C15H23BrN2O2S/c1-11(2)18(10-12-4-5-12)21(19,20)15-7-6-13(9-17-3)8-14(15)16/h6-8,11-12,17H,4-5,9-10H2,1-3H3. The van der Waals surface area contributed by atoms with Crippen LogP contribution in [0.15, 0.2) is 27.6 Å². The third-order valence-corrected chi connectivity index (χ3v) is 6.69. The molecule has 0 radical (unpaired) electrons. The van der Waals surface area contributed by atoms with Crippen molar-refractivity contribution in [3.63, 3.8) is 0 Å². The first-order valence-corrected chi connectivity index (χ1v) is 9.54. The second-order valence-corrected chi connectivity index (χ2v) is 8.62. The quantitative estimate of drug-likeness (QED) is 0.797. The van der Waals surface area contributed by atoms with Gasteiger partial charge in [-0.05, 0) is 73.3 Å². The maximum Gasteiger partial charge on any atom is 0.244 e. The molecule has 6 heteroatoms. The van der Waals surface area contributed by atoms with Crippen molar-refractivity contribution in [3.8, 4) is 0 Å². The van der Waals surface area contributed by atoms with Crippen LogP contribution in [0.5, 0.6) is 0 Å². The van der Waals surface area contributed by atoms with Crippen molar-refractivity contribution in [1.29, 1.82) is 0 Å². The second-order valence-electron chi connectivity index (χ2n) is 5.91. The monoisotopic (exact) mass is 374 g/mol. The number of benzene rings is 1. The lowest BCUT2D eigenvalue weighted by Gasteiger charge is -2.26. The van der Waals surface area contributed by atoms with Crippen LogP contribution in [0.1, 0.15) is 32.3 Å². The van der Waals surface area contributed by atoms with Gasteiger partial charge >= 0.3 is 0 Å². The summed E-state index contributed by atoms with van der Waals surface area (Å²) < 4.78 is 28.1. The summed E-state index contributed by atoms with van der Waals surface area (Å²) in [6.45, 7) is 5.21. The Morgan fingerprint density at radius 1 is 1.38 bits per heavy atom. The SMILES string of the molecule is CNCc1ccc(S(=O)(=O)N(CC2CC2)C(C)C)c(Br)c1. The molecule has 0 aliphatic heterocycles. The highest BCUT2D eigenvalue weighted by Gasteiger charge is 2.34. The van der Waals surface area contributed by atoms with Crippen molar-refractivity contribution >= 4 is 26.0 Å². The molecular weight excluding hydrogens is 352 g/mol. The maximum atomic E-state index is 12.9. The average molecular weight is 375 g/mol. The first-order valence-electron chi connectivity index (χ1n) is 7.31. The predicted octanol–water partition coefficient (Wildman–Crippen LogP) is 2.98. The van der Waals surface area contributed by atoms with Gasteiger partial charge in [-0.3, -0.25) is 0 Å². The Morgan fingerprint density at radius 3 is 2.52 bits per heavy atom. The molecule has 0 spiro atoms. The second kappa shape index (κ2) is 6.77. The van der Waals surface area contributed by atoms with Crippen molar-refractivity contribution in [2.45, 2.75) is 44.2 Å². The molecule has 1 aromatic rings. The van der Waals surface area contributed by atoms with Gasteiger partial charge in [0.25, 0.3) is 0 Å². The summed E-state index contributed by atoms with van der Waals surface area (Å²) >= 11 is 3.42. The normalized spacial score (nSPS) is 15.9. The van der Waals surface area contributed by atoms with E-state index in [1.54, 1.807) is 10.4 Å². The van der Waals surface area contributed by atoms with E-state index >= 15 is 0 Å². The van der Waals surface area contributed by atoms with Gasteiger partial charge in [0.15, 0.2) is 0 Å². The molecule has 0 aromatic heterocycles. The van der Waals surface area contributed by atoms with Crippen LogP contribution in [-0.4, -0.2) is 32.4 Å². The third kappa shape index (κ3) is 4.06. The first-order chi connectivity index (χ1) is 9.86. The van der Waals surface area contributed by atoms with E-state index in [9.17, 15) is 8.42 Å². The summed E-state index contributed by atoms with van der Waals surface area (Å²) in [4.78, 5) is 0.358. The van der Waals surface area contributed by atoms with Crippen molar-refractivity contribution in [3.05, 3.63) is 28.2 Å². The number of halogens is 1. The van der Waals surface area contributed by atoms with Gasteiger partial charge in [0.2, 0.25) is 10.0 Å². The summed E-state index contributed by atoms with van der Waals surface area (Å²) in [5.41, 5.74) is 1.06. The van der Waals surface area contributed by atoms with E-state index < -0.39 is 10.0 Å². The third-order valence-electron chi connectivity index (χ3n) is 3.67. The molecule has 1 aliphatic rings. The van der Waals surface area contributed by atoms with Gasteiger partial charge < -0.3 is 5.32 Å². The van der Waals surface area contributed by atoms with Crippen molar-refractivity contribution in [1.82, 2.24) is 9.62 Å². The molecule has 0 amide bonds. The minimum Gasteiger partial charge on any atom is -0.316 e. The molecule has 0 atom stereocenters. The van der Waals surface area contributed by atoms with E-state index in [4.69, 9.17) is 0 Å². The van der Waals surface area contributed by atoms with E-state index in [-0.39, 0.29) is 6.04 Å². The molecule has 0 saturated heterocycles. The average Bonchev–Trinajstić information content (AvgIpc) is 3.19. The van der Waals surface area contributed by atoms with Gasteiger partial charge in [-0.1, -0.05) is 6.07 Å². The van der Waals surface area contributed by atoms with E-state index in [2.05, 4.69) is 21.2 Å². The van der Waals surface area contributed by atoms with Gasteiger partial charge in [0, 0.05) is 23.6 Å². The summed E-state index contributed by atoms with van der Waals surface area (Å²) in [7, 11) is -1.58. The largest absolute Gasteiger partial charge is 0.316 e. The molecule has 1 N–H and O–H groups in total. The minimum atomic E-state index is -3.45. The molecule has 0 bridgehead atoms. The van der Waals surface area contributed by atoms with E-state index in [1.165, 1.54) is 0 Å². The van der Waals surface area contributed by atoms with Crippen LogP contribution in [0.25, 0.3) is 0 Å². The number of hydrogen-bond donors (Lipinski definition) is 1. The summed E-state index contributed by atoms with van der Waals surface area (Å²) in [5, 5.41) is 3.06. The summed E-state index contributed by atoms with van der Waals surface area (Å²) in [6.07, 6.45) is 2.28. The molecule has 0 unspecified atom stereocenters. The molecule has 1 saturated carbocycles. The minimum absolute atomic E-state index is 0.0283. The Morgan fingerprint density at radius 2 is 2.05 bits per heavy atom. The zero-order chi connectivity index (χ0) is 15.6. The van der Waals surface area contributed by atoms with E-state index in [0.29, 0.717) is 21.8 Å². The van der Waals surface area contributed by atoms with E-state index in [1.807, 2.05) is 33.0 Å². The van der Waals surface area contributed by atoms with Gasteiger partial charge in [-0.2, -0.15) is 4.31 Å². The molecule has 0 heterocycles. The first kappa shape index (κ1) is 16.9. The number of sulfonamides is 1. The van der Waals surface area contributed by atoms with E-state index in [0.717, 1.165) is 24.9 Å². The van der Waals surface area contributed by atoms with Crippen molar-refractivity contribution in [2.75, 3.05) is 13.6 Å². The number of rotatable bonds is 7. The predicted molar refractivity (Wildman–Crippen MR) is 88.7 cm³/mol. The fraction of sp³-hybridized carbons (Fsp3) is 0.600. The van der Waals surface area contributed by atoms with Crippen LogP contribution in [0.3, 0.4) is 0 Å². The molecule has 2 rings (SSSR count). The Kier molecular flexibility index (Phi) is 5.46. The fourth-order valence-electron chi connectivity index (χ4n) is 2.34. The Bertz CT molecular complexity index is 598. The number of nitrogens with one attached hydrogen (secondary N) is 1. The molecule has 4 nitrogen and oxygen atoms in total. The number of hydrogen-bond acceptors (Lipinski definition) is 3. The van der Waals surface area contributed by atoms with Gasteiger partial charge in [0.05, 0.1) is 4.90 Å². The van der Waals surface area contributed by atoms with Gasteiger partial charge in [-0.15, -0.1) is 0 Å². The topological polar surface area (TPSA) is 49.4 Å². The molecular formula is C15H23BrN2O2S. The number of nitrogens with zero attached hydrogens (tertiary/aromatic N) is 1. The summed E-state index contributed by atoms with van der Waals surface area (Å²) in [5.74, 6) is 0.532. The zero-order valence-electron chi connectivity index (χ0n) is 12.8. The molecule has 1 aliphatic carbocycles. The van der Waals surface area contributed by atoms with Crippen LogP contribution in [0.4, 0.5) is 0 Å². The molecule has 1 aromatic carbocycles. The lowest BCUT2D eigenvalue weighted by molar-refractivity contribution is 0.341. The Hall–Kier alpha value is -0.430. The van der Waals surface area contributed by atoms with Gasteiger partial charge in [0.1, 0.15) is 0 Å². The lowest BCUT2D eigenvalue weighted by atomic mass is 10.2. The highest BCUT2D eigenvalue weighted by molar-refractivity contribution is 9.10. The molecule has 1 fully saturated rings. The van der Waals surface area contributed by atoms with Crippen molar-refractivity contribution < 1.29 is 8.42 Å². The van der Waals surface area contributed by atoms with Crippen LogP contribution in [0.2, 0.25) is 0 Å². The van der Waals surface area contributed by atoms with Crippen molar-refractivity contribution in [2.24, 2.45) is 5.92 Å². The van der Waals surface area contributed by atoms with Crippen LogP contribution in [-0.2, 0) is 16.6 Å². The van der Waals surface area contributed by atoms with Crippen LogP contribution in [0, 0.1) is 5.92 Å². The lowest BCUT2D eigenvalue weighted by Crippen LogP contribution is -2.38. The maximum absolute atomic E-state index is 12.9. The molecule has 21 heavy (non-hydrogen) atoms. The Labute approximate surface area is 136 Å². The Balaban J connectivity index is 2.32. The smallest absolute Gasteiger partial charge is 0.244 e. The van der Waals surface area contributed by atoms with Crippen LogP contribution >= 0.6 is 15.9 Å². The fourth-order valence-corrected chi connectivity index (χ4v) is 5.14. The zero-order valence-corrected chi connectivity index (χ0v) is 15.2. The van der Waals surface area contributed by atoms with Gasteiger partial charge in [-0.25, -0.2) is 8.42 Å².